The van der Waals surface area contributed by atoms with Crippen molar-refractivity contribution in [2.24, 2.45) is 5.92 Å². The van der Waals surface area contributed by atoms with Crippen LogP contribution in [0, 0.1) is 5.92 Å². The summed E-state index contributed by atoms with van der Waals surface area (Å²) in [4.78, 5) is 14.5. The minimum atomic E-state index is 0.0442. The average Bonchev–Trinajstić information content (AvgIpc) is 2.80. The number of benzene rings is 1. The number of anilines is 1. The second kappa shape index (κ2) is 3.05. The Bertz CT molecular complexity index is 515. The molecule has 3 aliphatic rings. The molecule has 1 saturated carbocycles. The number of para-hydroxylation sites is 1. The van der Waals surface area contributed by atoms with Crippen molar-refractivity contribution in [1.82, 2.24) is 0 Å². The van der Waals surface area contributed by atoms with Gasteiger partial charge < -0.3 is 4.90 Å². The molecule has 2 fully saturated rings. The summed E-state index contributed by atoms with van der Waals surface area (Å²) in [6.45, 7) is 0. The van der Waals surface area contributed by atoms with Gasteiger partial charge in [-0.1, -0.05) is 18.2 Å². The molecule has 3 heteroatoms. The zero-order chi connectivity index (χ0) is 11.6. The molecular formula is C14H14ClNO. The fourth-order valence-corrected chi connectivity index (χ4v) is 4.43. The summed E-state index contributed by atoms with van der Waals surface area (Å²) < 4.78 is 0. The van der Waals surface area contributed by atoms with Crippen LogP contribution in [0.2, 0.25) is 0 Å². The maximum atomic E-state index is 12.4. The Morgan fingerprint density at radius 3 is 3.00 bits per heavy atom. The van der Waals surface area contributed by atoms with Crippen molar-refractivity contribution < 1.29 is 4.79 Å². The summed E-state index contributed by atoms with van der Waals surface area (Å²) in [5.74, 6) is 0.311. The zero-order valence-corrected chi connectivity index (χ0v) is 10.3. The molecule has 0 N–H and O–H groups in total. The van der Waals surface area contributed by atoms with Crippen LogP contribution in [-0.4, -0.2) is 16.8 Å². The molecule has 2 nitrogen and oxygen atoms in total. The van der Waals surface area contributed by atoms with Crippen LogP contribution >= 0.6 is 11.6 Å². The highest BCUT2D eigenvalue weighted by Gasteiger charge is 2.61. The van der Waals surface area contributed by atoms with Gasteiger partial charge in [-0.25, -0.2) is 0 Å². The minimum Gasteiger partial charge on any atom is -0.306 e. The Hall–Kier alpha value is -1.02. The van der Waals surface area contributed by atoms with Crippen LogP contribution in [0.5, 0.6) is 0 Å². The van der Waals surface area contributed by atoms with E-state index in [1.54, 1.807) is 0 Å². The van der Waals surface area contributed by atoms with Crippen molar-refractivity contribution in [2.75, 3.05) is 4.90 Å². The first-order valence-corrected chi connectivity index (χ1v) is 6.71. The van der Waals surface area contributed by atoms with Crippen molar-refractivity contribution in [1.29, 1.82) is 0 Å². The smallest absolute Gasteiger partial charge is 0.232 e. The van der Waals surface area contributed by atoms with Crippen LogP contribution in [0.25, 0.3) is 0 Å². The zero-order valence-electron chi connectivity index (χ0n) is 9.53. The van der Waals surface area contributed by atoms with E-state index in [-0.39, 0.29) is 22.7 Å². The maximum absolute atomic E-state index is 12.4. The molecule has 1 amide bonds. The molecule has 2 heterocycles. The molecule has 0 unspecified atom stereocenters. The Morgan fingerprint density at radius 1 is 1.29 bits per heavy atom. The number of carbonyl (C=O) groups excluding carboxylic acids is 1. The fraction of sp³-hybridized carbons (Fsp3) is 0.500. The summed E-state index contributed by atoms with van der Waals surface area (Å²) >= 11 is 6.30. The average molecular weight is 248 g/mol. The third-order valence-electron chi connectivity index (χ3n) is 4.72. The number of halogens is 1. The lowest BCUT2D eigenvalue weighted by atomic mass is 9.84. The van der Waals surface area contributed by atoms with Crippen molar-refractivity contribution in [3.8, 4) is 0 Å². The number of alkyl halides is 1. The lowest BCUT2D eigenvalue weighted by Gasteiger charge is -2.44. The number of amides is 1. The van der Waals surface area contributed by atoms with Gasteiger partial charge in [-0.2, -0.15) is 0 Å². The number of carbonyl (C=O) groups is 1. The summed E-state index contributed by atoms with van der Waals surface area (Å²) in [6, 6.07) is 8.30. The lowest BCUT2D eigenvalue weighted by molar-refractivity contribution is -0.121. The molecule has 0 aromatic heterocycles. The van der Waals surface area contributed by atoms with E-state index in [0.717, 1.165) is 31.4 Å². The van der Waals surface area contributed by atoms with E-state index in [1.807, 2.05) is 6.07 Å². The van der Waals surface area contributed by atoms with Gasteiger partial charge in [-0.15, -0.1) is 11.6 Å². The number of rotatable bonds is 0. The van der Waals surface area contributed by atoms with E-state index in [4.69, 9.17) is 11.6 Å². The monoisotopic (exact) mass is 247 g/mol. The number of piperidine rings is 1. The Labute approximate surface area is 106 Å². The molecule has 1 aromatic carbocycles. The van der Waals surface area contributed by atoms with E-state index < -0.39 is 0 Å². The highest BCUT2D eigenvalue weighted by molar-refractivity contribution is 6.24. The number of nitrogens with zero attached hydrogens (tertiary/aromatic N) is 1. The lowest BCUT2D eigenvalue weighted by Crippen LogP contribution is -2.52. The highest BCUT2D eigenvalue weighted by Crippen LogP contribution is 2.55. The summed E-state index contributed by atoms with van der Waals surface area (Å²) in [5, 5.41) is 0.0593. The summed E-state index contributed by atoms with van der Waals surface area (Å²) in [5.41, 5.74) is 2.49. The van der Waals surface area contributed by atoms with Crippen LogP contribution in [0.15, 0.2) is 24.3 Å². The van der Waals surface area contributed by atoms with Crippen LogP contribution in [0.4, 0.5) is 5.69 Å². The predicted octanol–water partition coefficient (Wildman–Crippen LogP) is 2.74. The molecule has 1 aromatic rings. The Kier molecular flexibility index (Phi) is 1.79. The van der Waals surface area contributed by atoms with Gasteiger partial charge in [-0.05, 0) is 37.3 Å². The second-order valence-corrected chi connectivity index (χ2v) is 6.12. The molecule has 3 atom stereocenters. The van der Waals surface area contributed by atoms with Crippen LogP contribution < -0.4 is 4.90 Å². The van der Waals surface area contributed by atoms with Gasteiger partial charge >= 0.3 is 0 Å². The molecule has 88 valence electrons. The molecule has 17 heavy (non-hydrogen) atoms. The van der Waals surface area contributed by atoms with Crippen molar-refractivity contribution in [3.05, 3.63) is 29.8 Å². The van der Waals surface area contributed by atoms with Crippen molar-refractivity contribution in [3.63, 3.8) is 0 Å². The molecule has 1 saturated heterocycles. The SMILES string of the molecule is O=C1[C@@H]2C[C@@]3(CCc4ccccc4N13)C[C@@H]2Cl. The van der Waals surface area contributed by atoms with Gasteiger partial charge in [0.2, 0.25) is 5.91 Å². The number of aryl methyl sites for hydroxylation is 1. The van der Waals surface area contributed by atoms with Gasteiger partial charge in [0.15, 0.2) is 0 Å². The molecule has 2 aliphatic heterocycles. The summed E-state index contributed by atoms with van der Waals surface area (Å²) in [7, 11) is 0. The first kappa shape index (κ1) is 9.95. The molecule has 1 spiro atoms. The maximum Gasteiger partial charge on any atom is 0.232 e. The standard InChI is InChI=1S/C14H14ClNO/c15-11-8-14-6-5-9-3-1-2-4-12(9)16(14)13(17)10(11)7-14/h1-4,10-11H,5-8H2/t10-,11+,14+/m1/s1. The molecule has 0 radical (unpaired) electrons. The van der Waals surface area contributed by atoms with Gasteiger partial charge in [-0.3, -0.25) is 4.79 Å². The third kappa shape index (κ3) is 1.10. The first-order chi connectivity index (χ1) is 8.21. The summed E-state index contributed by atoms with van der Waals surface area (Å²) in [6.07, 6.45) is 4.10. The molecular weight excluding hydrogens is 234 g/mol. The second-order valence-electron chi connectivity index (χ2n) is 5.56. The van der Waals surface area contributed by atoms with E-state index in [2.05, 4.69) is 23.1 Å². The third-order valence-corrected chi connectivity index (χ3v) is 5.17. The normalized spacial score (nSPS) is 38.2. The van der Waals surface area contributed by atoms with E-state index in [9.17, 15) is 4.79 Å². The minimum absolute atomic E-state index is 0.0442. The number of hydrogen-bond donors (Lipinski definition) is 0. The fourth-order valence-electron chi connectivity index (χ4n) is 3.95. The van der Waals surface area contributed by atoms with E-state index in [0.29, 0.717) is 0 Å². The largest absolute Gasteiger partial charge is 0.306 e. The van der Waals surface area contributed by atoms with Crippen molar-refractivity contribution in [2.45, 2.75) is 36.6 Å². The van der Waals surface area contributed by atoms with Gasteiger partial charge in [0, 0.05) is 11.1 Å². The van der Waals surface area contributed by atoms with Gasteiger partial charge in [0.1, 0.15) is 0 Å². The Balaban J connectivity index is 1.89. The number of fused-ring (bicyclic) bond motifs is 3. The molecule has 1 aliphatic carbocycles. The number of hydrogen-bond acceptors (Lipinski definition) is 1. The van der Waals surface area contributed by atoms with Crippen LogP contribution in [-0.2, 0) is 11.2 Å². The molecule has 4 rings (SSSR count). The van der Waals surface area contributed by atoms with E-state index in [1.165, 1.54) is 5.56 Å². The quantitative estimate of drug-likeness (QED) is 0.646. The Morgan fingerprint density at radius 2 is 2.12 bits per heavy atom. The van der Waals surface area contributed by atoms with E-state index >= 15 is 0 Å². The van der Waals surface area contributed by atoms with Crippen LogP contribution in [0.3, 0.4) is 0 Å². The van der Waals surface area contributed by atoms with Gasteiger partial charge in [0.25, 0.3) is 0 Å². The highest BCUT2D eigenvalue weighted by atomic mass is 35.5. The first-order valence-electron chi connectivity index (χ1n) is 6.27. The predicted molar refractivity (Wildman–Crippen MR) is 67.3 cm³/mol. The topological polar surface area (TPSA) is 20.3 Å². The van der Waals surface area contributed by atoms with Crippen LogP contribution in [0.1, 0.15) is 24.8 Å². The van der Waals surface area contributed by atoms with Crippen molar-refractivity contribution >= 4 is 23.2 Å². The van der Waals surface area contributed by atoms with Gasteiger partial charge in [0.05, 0.1) is 11.5 Å². The molecule has 2 bridgehead atoms.